The van der Waals surface area contributed by atoms with E-state index in [1.54, 1.807) is 0 Å². The zero-order valence-corrected chi connectivity index (χ0v) is 8.43. The summed E-state index contributed by atoms with van der Waals surface area (Å²) in [4.78, 5) is 11.2. The molecule has 0 saturated heterocycles. The summed E-state index contributed by atoms with van der Waals surface area (Å²) >= 11 is 0. The molecule has 0 amide bonds. The van der Waals surface area contributed by atoms with Crippen LogP contribution in [0.5, 0.6) is 0 Å². The molecule has 78 valence electrons. The lowest BCUT2D eigenvalue weighted by Crippen LogP contribution is -2.03. The van der Waals surface area contributed by atoms with Crippen molar-refractivity contribution in [2.75, 3.05) is 13.1 Å². The first-order valence-corrected chi connectivity index (χ1v) is 5.23. The molecule has 0 unspecified atom stereocenters. The van der Waals surface area contributed by atoms with Crippen molar-refractivity contribution in [3.8, 4) is 0 Å². The molecule has 0 bridgehead atoms. The van der Waals surface area contributed by atoms with Gasteiger partial charge < -0.3 is 11.5 Å². The molecular weight excluding hydrogens is 164 g/mol. The van der Waals surface area contributed by atoms with Gasteiger partial charge >= 0.3 is 0 Å². The van der Waals surface area contributed by atoms with Crippen LogP contribution in [0, 0.1) is 0 Å². The van der Waals surface area contributed by atoms with Crippen LogP contribution in [-0.4, -0.2) is 18.9 Å². The Labute approximate surface area is 80.9 Å². The zero-order chi connectivity index (χ0) is 9.94. The lowest BCUT2D eigenvalue weighted by atomic mass is 10.1. The van der Waals surface area contributed by atoms with E-state index in [-0.39, 0.29) is 0 Å². The number of unbranched alkanes of at least 4 members (excludes halogenated alkanes) is 3. The third kappa shape index (κ3) is 9.50. The first-order chi connectivity index (χ1) is 6.31. The predicted octanol–water partition coefficient (Wildman–Crippen LogP) is 1.20. The van der Waals surface area contributed by atoms with Crippen molar-refractivity contribution in [2.24, 2.45) is 11.5 Å². The summed E-state index contributed by atoms with van der Waals surface area (Å²) in [6, 6.07) is 0. The second-order valence-electron chi connectivity index (χ2n) is 3.38. The van der Waals surface area contributed by atoms with Gasteiger partial charge in [0.05, 0.1) is 0 Å². The molecule has 0 saturated carbocycles. The summed E-state index contributed by atoms with van der Waals surface area (Å²) in [7, 11) is 0. The van der Waals surface area contributed by atoms with Crippen LogP contribution >= 0.6 is 0 Å². The molecule has 0 rings (SSSR count). The van der Waals surface area contributed by atoms with E-state index in [4.69, 9.17) is 11.5 Å². The maximum absolute atomic E-state index is 11.2. The monoisotopic (exact) mass is 186 g/mol. The summed E-state index contributed by atoms with van der Waals surface area (Å²) in [5.41, 5.74) is 10.7. The number of hydrogen-bond donors (Lipinski definition) is 2. The molecule has 0 aromatic rings. The molecule has 0 atom stereocenters. The maximum Gasteiger partial charge on any atom is 0.132 e. The van der Waals surface area contributed by atoms with E-state index in [1.165, 1.54) is 0 Å². The van der Waals surface area contributed by atoms with Crippen LogP contribution in [0.15, 0.2) is 0 Å². The van der Waals surface area contributed by atoms with Crippen LogP contribution < -0.4 is 11.5 Å². The number of carbonyl (C=O) groups excluding carboxylic acids is 1. The number of Topliss-reactive ketones (excluding diaryl/α,β-unsaturated/α-hetero) is 1. The summed E-state index contributed by atoms with van der Waals surface area (Å²) in [5, 5.41) is 0. The van der Waals surface area contributed by atoms with Crippen molar-refractivity contribution in [1.29, 1.82) is 0 Å². The van der Waals surface area contributed by atoms with Crippen LogP contribution in [0.2, 0.25) is 0 Å². The molecule has 0 aromatic carbocycles. The zero-order valence-electron chi connectivity index (χ0n) is 8.43. The normalized spacial score (nSPS) is 10.3. The Bertz CT molecular complexity index is 126. The van der Waals surface area contributed by atoms with Gasteiger partial charge in [0.25, 0.3) is 0 Å². The van der Waals surface area contributed by atoms with E-state index >= 15 is 0 Å². The third-order valence-corrected chi connectivity index (χ3v) is 2.07. The minimum absolute atomic E-state index is 0.380. The molecule has 0 radical (unpaired) electrons. The highest BCUT2D eigenvalue weighted by Gasteiger charge is 2.00. The van der Waals surface area contributed by atoms with Gasteiger partial charge in [-0.1, -0.05) is 6.42 Å². The fraction of sp³-hybridized carbons (Fsp3) is 0.900. The SMILES string of the molecule is NCCCCCC(=O)CCCCN. The van der Waals surface area contributed by atoms with E-state index in [2.05, 4.69) is 0 Å². The minimum Gasteiger partial charge on any atom is -0.330 e. The van der Waals surface area contributed by atoms with Crippen LogP contribution in [0.3, 0.4) is 0 Å². The van der Waals surface area contributed by atoms with Gasteiger partial charge in [0.2, 0.25) is 0 Å². The van der Waals surface area contributed by atoms with Gasteiger partial charge in [0, 0.05) is 12.8 Å². The number of rotatable bonds is 9. The van der Waals surface area contributed by atoms with Crippen LogP contribution in [0.25, 0.3) is 0 Å². The topological polar surface area (TPSA) is 69.1 Å². The Morgan fingerprint density at radius 3 is 1.77 bits per heavy atom. The molecule has 0 aliphatic rings. The van der Waals surface area contributed by atoms with Crippen LogP contribution in [-0.2, 0) is 4.79 Å². The highest BCUT2D eigenvalue weighted by atomic mass is 16.1. The number of nitrogens with two attached hydrogens (primary N) is 2. The number of hydrogen-bond acceptors (Lipinski definition) is 3. The van der Waals surface area contributed by atoms with Crippen molar-refractivity contribution < 1.29 is 4.79 Å². The Morgan fingerprint density at radius 2 is 1.23 bits per heavy atom. The average molecular weight is 186 g/mol. The fourth-order valence-corrected chi connectivity index (χ4v) is 1.23. The summed E-state index contributed by atoms with van der Waals surface area (Å²) in [6.45, 7) is 1.43. The van der Waals surface area contributed by atoms with Gasteiger partial charge in [-0.05, 0) is 38.8 Å². The Hall–Kier alpha value is -0.410. The maximum atomic E-state index is 11.2. The Kier molecular flexibility index (Phi) is 9.37. The molecular formula is C10H22N2O. The van der Waals surface area contributed by atoms with Gasteiger partial charge in [-0.25, -0.2) is 0 Å². The minimum atomic E-state index is 0.380. The lowest BCUT2D eigenvalue weighted by molar-refractivity contribution is -0.119. The van der Waals surface area contributed by atoms with E-state index in [0.717, 1.165) is 45.1 Å². The van der Waals surface area contributed by atoms with Gasteiger partial charge in [-0.2, -0.15) is 0 Å². The summed E-state index contributed by atoms with van der Waals surface area (Å²) < 4.78 is 0. The van der Waals surface area contributed by atoms with Gasteiger partial charge in [-0.15, -0.1) is 0 Å². The quantitative estimate of drug-likeness (QED) is 0.532. The van der Waals surface area contributed by atoms with Gasteiger partial charge in [-0.3, -0.25) is 4.79 Å². The van der Waals surface area contributed by atoms with E-state index in [0.29, 0.717) is 18.7 Å². The van der Waals surface area contributed by atoms with E-state index < -0.39 is 0 Å². The Balaban J connectivity index is 3.11. The predicted molar refractivity (Wildman–Crippen MR) is 55.4 cm³/mol. The molecule has 0 aromatic heterocycles. The lowest BCUT2D eigenvalue weighted by Gasteiger charge is -1.99. The molecule has 4 N–H and O–H groups in total. The second-order valence-corrected chi connectivity index (χ2v) is 3.38. The molecule has 0 aliphatic carbocycles. The molecule has 0 heterocycles. The van der Waals surface area contributed by atoms with Crippen LogP contribution in [0.1, 0.15) is 44.9 Å². The number of carbonyl (C=O) groups is 1. The van der Waals surface area contributed by atoms with Crippen molar-refractivity contribution in [3.63, 3.8) is 0 Å². The van der Waals surface area contributed by atoms with Gasteiger partial charge in [0.1, 0.15) is 5.78 Å². The average Bonchev–Trinajstić information content (AvgIpc) is 2.13. The molecule has 13 heavy (non-hydrogen) atoms. The highest BCUT2D eigenvalue weighted by molar-refractivity contribution is 5.78. The highest BCUT2D eigenvalue weighted by Crippen LogP contribution is 2.04. The first kappa shape index (κ1) is 12.6. The first-order valence-electron chi connectivity index (χ1n) is 5.23. The number of ketones is 1. The van der Waals surface area contributed by atoms with Gasteiger partial charge in [0.15, 0.2) is 0 Å². The fourth-order valence-electron chi connectivity index (χ4n) is 1.23. The van der Waals surface area contributed by atoms with Crippen molar-refractivity contribution in [2.45, 2.75) is 44.9 Å². The molecule has 0 fully saturated rings. The Morgan fingerprint density at radius 1 is 0.769 bits per heavy atom. The standard InChI is InChI=1S/C10H22N2O/c11-8-4-1-2-6-10(13)7-3-5-9-12/h1-9,11-12H2. The van der Waals surface area contributed by atoms with Crippen molar-refractivity contribution in [3.05, 3.63) is 0 Å². The third-order valence-electron chi connectivity index (χ3n) is 2.07. The second kappa shape index (κ2) is 9.68. The largest absolute Gasteiger partial charge is 0.330 e. The summed E-state index contributed by atoms with van der Waals surface area (Å²) in [6.07, 6.45) is 6.47. The molecule has 0 aliphatic heterocycles. The van der Waals surface area contributed by atoms with Crippen LogP contribution in [0.4, 0.5) is 0 Å². The molecule has 3 heteroatoms. The summed E-state index contributed by atoms with van der Waals surface area (Å²) in [5.74, 6) is 0.380. The molecule has 0 spiro atoms. The van der Waals surface area contributed by atoms with E-state index in [9.17, 15) is 4.79 Å². The van der Waals surface area contributed by atoms with Crippen molar-refractivity contribution in [1.82, 2.24) is 0 Å². The molecule has 3 nitrogen and oxygen atoms in total. The van der Waals surface area contributed by atoms with E-state index in [1.807, 2.05) is 0 Å². The smallest absolute Gasteiger partial charge is 0.132 e. The van der Waals surface area contributed by atoms with Crippen molar-refractivity contribution >= 4 is 5.78 Å².